The molecule has 0 spiro atoms. The van der Waals surface area contributed by atoms with Gasteiger partial charge < -0.3 is 10.8 Å². The second kappa shape index (κ2) is 9.07. The molecule has 128 valence electrons. The van der Waals surface area contributed by atoms with Crippen molar-refractivity contribution in [3.63, 3.8) is 0 Å². The molecular weight excluding hydrogens is 286 g/mol. The van der Waals surface area contributed by atoms with Crippen molar-refractivity contribution in [2.75, 3.05) is 0 Å². The van der Waals surface area contributed by atoms with Gasteiger partial charge in [0.2, 0.25) is 0 Å². The van der Waals surface area contributed by atoms with Crippen molar-refractivity contribution >= 4 is 5.97 Å². The van der Waals surface area contributed by atoms with Gasteiger partial charge in [0.25, 0.3) is 0 Å². The van der Waals surface area contributed by atoms with Crippen LogP contribution in [0, 0.1) is 5.92 Å². The summed E-state index contributed by atoms with van der Waals surface area (Å²) in [4.78, 5) is 11.1. The lowest BCUT2D eigenvalue weighted by Gasteiger charge is -2.27. The lowest BCUT2D eigenvalue weighted by atomic mass is 9.79. The Labute approximate surface area is 140 Å². The summed E-state index contributed by atoms with van der Waals surface area (Å²) in [6, 6.07) is 6.03. The van der Waals surface area contributed by atoms with Gasteiger partial charge in [-0.3, -0.25) is 4.79 Å². The van der Waals surface area contributed by atoms with Gasteiger partial charge in [0, 0.05) is 0 Å². The highest BCUT2D eigenvalue weighted by molar-refractivity contribution is 5.73. The molecule has 0 saturated carbocycles. The van der Waals surface area contributed by atoms with E-state index in [0.29, 0.717) is 0 Å². The van der Waals surface area contributed by atoms with Crippen LogP contribution in [0.2, 0.25) is 0 Å². The monoisotopic (exact) mass is 317 g/mol. The number of hydrogen-bond donors (Lipinski definition) is 2. The number of carboxylic acid groups (broad SMARTS) is 1. The van der Waals surface area contributed by atoms with Crippen LogP contribution >= 0.6 is 0 Å². The van der Waals surface area contributed by atoms with Crippen LogP contribution in [0.3, 0.4) is 0 Å². The zero-order valence-corrected chi connectivity index (χ0v) is 14.4. The van der Waals surface area contributed by atoms with E-state index in [1.165, 1.54) is 55.2 Å². The second-order valence-corrected chi connectivity index (χ2v) is 6.99. The zero-order chi connectivity index (χ0) is 16.7. The predicted octanol–water partition coefficient (Wildman–Crippen LogP) is 4.11. The summed E-state index contributed by atoms with van der Waals surface area (Å²) >= 11 is 0. The molecule has 0 amide bonds. The molecule has 0 bridgehead atoms. The highest BCUT2D eigenvalue weighted by Crippen LogP contribution is 2.28. The molecule has 3 heteroatoms. The Morgan fingerprint density at radius 1 is 1.22 bits per heavy atom. The van der Waals surface area contributed by atoms with Crippen LogP contribution < -0.4 is 5.73 Å². The first-order valence-electron chi connectivity index (χ1n) is 9.21. The molecule has 0 fully saturated rings. The molecule has 0 unspecified atom stereocenters. The van der Waals surface area contributed by atoms with Crippen molar-refractivity contribution in [2.24, 2.45) is 11.7 Å². The van der Waals surface area contributed by atoms with Gasteiger partial charge in [-0.05, 0) is 54.7 Å². The van der Waals surface area contributed by atoms with Crippen molar-refractivity contribution in [1.29, 1.82) is 0 Å². The van der Waals surface area contributed by atoms with E-state index in [1.807, 2.05) is 0 Å². The van der Waals surface area contributed by atoms with E-state index >= 15 is 0 Å². The van der Waals surface area contributed by atoms with Crippen molar-refractivity contribution in [3.8, 4) is 0 Å². The summed E-state index contributed by atoms with van der Waals surface area (Å²) in [6.45, 7) is 2.25. The summed E-state index contributed by atoms with van der Waals surface area (Å²) in [7, 11) is 0. The lowest BCUT2D eigenvalue weighted by Crippen LogP contribution is -2.40. The number of unbranched alkanes of at least 4 members (excludes halogenated alkanes) is 5. The van der Waals surface area contributed by atoms with E-state index in [2.05, 4.69) is 25.1 Å². The third-order valence-corrected chi connectivity index (χ3v) is 5.15. The van der Waals surface area contributed by atoms with Crippen LogP contribution in [-0.4, -0.2) is 17.1 Å². The maximum Gasteiger partial charge on any atom is 0.320 e. The summed E-state index contributed by atoms with van der Waals surface area (Å²) in [5, 5.41) is 9.08. The van der Waals surface area contributed by atoms with Gasteiger partial charge >= 0.3 is 5.97 Å². The molecule has 3 N–H and O–H groups in total. The standard InChI is InChI=1S/C20H31NO2/c1-2-3-4-5-6-7-8-15-9-10-17-14-18(19(21)20(22)23)12-11-16(17)13-15/h9-10,13,18-19H,2-8,11-12,14,21H2,1H3,(H,22,23)/t18-,19+/m0/s1. The van der Waals surface area contributed by atoms with Crippen LogP contribution in [0.25, 0.3) is 0 Å². The SMILES string of the molecule is CCCCCCCCc1ccc2c(c1)CC[C@H]([C@@H](N)C(=O)O)C2. The first kappa shape index (κ1) is 18.0. The van der Waals surface area contributed by atoms with E-state index in [-0.39, 0.29) is 5.92 Å². The second-order valence-electron chi connectivity index (χ2n) is 6.99. The summed E-state index contributed by atoms with van der Waals surface area (Å²) in [5.41, 5.74) is 9.93. The summed E-state index contributed by atoms with van der Waals surface area (Å²) < 4.78 is 0. The Morgan fingerprint density at radius 3 is 2.70 bits per heavy atom. The molecule has 1 aromatic carbocycles. The molecule has 23 heavy (non-hydrogen) atoms. The Kier molecular flexibility index (Phi) is 7.10. The van der Waals surface area contributed by atoms with E-state index in [0.717, 1.165) is 25.7 Å². The first-order valence-corrected chi connectivity index (χ1v) is 9.21. The number of fused-ring (bicyclic) bond motifs is 1. The Bertz CT molecular complexity index is 512. The number of carbonyl (C=O) groups is 1. The third kappa shape index (κ3) is 5.35. The minimum atomic E-state index is -0.877. The minimum Gasteiger partial charge on any atom is -0.480 e. The van der Waals surface area contributed by atoms with Gasteiger partial charge in [0.05, 0.1) is 0 Å². The van der Waals surface area contributed by atoms with E-state index in [4.69, 9.17) is 10.8 Å². The number of benzene rings is 1. The third-order valence-electron chi connectivity index (χ3n) is 5.15. The highest BCUT2D eigenvalue weighted by Gasteiger charge is 2.28. The topological polar surface area (TPSA) is 63.3 Å². The van der Waals surface area contributed by atoms with Crippen LogP contribution in [0.4, 0.5) is 0 Å². The summed E-state index contributed by atoms with van der Waals surface area (Å²) in [6.07, 6.45) is 11.8. The molecule has 2 rings (SSSR count). The fourth-order valence-electron chi connectivity index (χ4n) is 3.61. The first-order chi connectivity index (χ1) is 11.1. The van der Waals surface area contributed by atoms with Crippen LogP contribution in [0.15, 0.2) is 18.2 Å². The number of nitrogens with two attached hydrogens (primary N) is 1. The van der Waals surface area contributed by atoms with Gasteiger partial charge in [-0.25, -0.2) is 0 Å². The Hall–Kier alpha value is -1.35. The molecule has 0 aromatic heterocycles. The van der Waals surface area contributed by atoms with Gasteiger partial charge in [-0.1, -0.05) is 57.2 Å². The van der Waals surface area contributed by atoms with Crippen LogP contribution in [0.5, 0.6) is 0 Å². The average Bonchev–Trinajstić information content (AvgIpc) is 2.56. The van der Waals surface area contributed by atoms with Gasteiger partial charge in [-0.2, -0.15) is 0 Å². The van der Waals surface area contributed by atoms with Gasteiger partial charge in [0.1, 0.15) is 6.04 Å². The number of carboxylic acids is 1. The van der Waals surface area contributed by atoms with Crippen molar-refractivity contribution in [1.82, 2.24) is 0 Å². The number of aliphatic carboxylic acids is 1. The van der Waals surface area contributed by atoms with Crippen LogP contribution in [0.1, 0.15) is 68.6 Å². The van der Waals surface area contributed by atoms with E-state index < -0.39 is 12.0 Å². The molecule has 2 atom stereocenters. The lowest BCUT2D eigenvalue weighted by molar-refractivity contribution is -0.140. The smallest absolute Gasteiger partial charge is 0.320 e. The van der Waals surface area contributed by atoms with Crippen molar-refractivity contribution in [2.45, 2.75) is 77.2 Å². The molecule has 0 radical (unpaired) electrons. The van der Waals surface area contributed by atoms with E-state index in [9.17, 15) is 4.79 Å². The minimum absolute atomic E-state index is 0.0735. The van der Waals surface area contributed by atoms with Crippen molar-refractivity contribution < 1.29 is 9.90 Å². The Morgan fingerprint density at radius 2 is 1.96 bits per heavy atom. The molecule has 0 heterocycles. The maximum atomic E-state index is 11.1. The average molecular weight is 317 g/mol. The predicted molar refractivity (Wildman–Crippen MR) is 94.6 cm³/mol. The fraction of sp³-hybridized carbons (Fsp3) is 0.650. The number of hydrogen-bond acceptors (Lipinski definition) is 2. The largest absolute Gasteiger partial charge is 0.480 e. The number of rotatable bonds is 9. The number of aryl methyl sites for hydroxylation is 2. The normalized spacial score (nSPS) is 18.4. The molecule has 0 aliphatic heterocycles. The highest BCUT2D eigenvalue weighted by atomic mass is 16.4. The molecule has 0 saturated heterocycles. The maximum absolute atomic E-state index is 11.1. The van der Waals surface area contributed by atoms with E-state index in [1.54, 1.807) is 0 Å². The quantitative estimate of drug-likeness (QED) is 0.674. The molecular formula is C20H31NO2. The van der Waals surface area contributed by atoms with Crippen LogP contribution in [-0.2, 0) is 24.1 Å². The molecule has 1 aliphatic rings. The molecule has 1 aromatic rings. The van der Waals surface area contributed by atoms with Crippen molar-refractivity contribution in [3.05, 3.63) is 34.9 Å². The van der Waals surface area contributed by atoms with Gasteiger partial charge in [0.15, 0.2) is 0 Å². The summed E-state index contributed by atoms with van der Waals surface area (Å²) in [5.74, 6) is -0.803. The molecule has 1 aliphatic carbocycles. The molecule has 3 nitrogen and oxygen atoms in total. The fourth-order valence-corrected chi connectivity index (χ4v) is 3.61. The van der Waals surface area contributed by atoms with Gasteiger partial charge in [-0.15, -0.1) is 0 Å². The zero-order valence-electron chi connectivity index (χ0n) is 14.4. The Balaban J connectivity index is 1.83.